The second-order valence-corrected chi connectivity index (χ2v) is 5.66. The summed E-state index contributed by atoms with van der Waals surface area (Å²) in [7, 11) is 1.76. The number of nitrogens with zero attached hydrogens (tertiary/aromatic N) is 3. The second-order valence-electron chi connectivity index (χ2n) is 5.66. The van der Waals surface area contributed by atoms with Crippen LogP contribution in [-0.2, 0) is 13.0 Å². The van der Waals surface area contributed by atoms with Gasteiger partial charge in [0.15, 0.2) is 11.7 Å². The van der Waals surface area contributed by atoms with Crippen molar-refractivity contribution in [1.29, 1.82) is 0 Å². The summed E-state index contributed by atoms with van der Waals surface area (Å²) in [6.07, 6.45) is 4.81. The molecule has 2 aromatic rings. The highest BCUT2D eigenvalue weighted by atomic mass is 16.5. The predicted octanol–water partition coefficient (Wildman–Crippen LogP) is 2.88. The minimum atomic E-state index is 0.471. The van der Waals surface area contributed by atoms with Crippen LogP contribution in [0.2, 0.25) is 0 Å². The van der Waals surface area contributed by atoms with Crippen molar-refractivity contribution in [1.82, 2.24) is 20.8 Å². The van der Waals surface area contributed by atoms with E-state index in [1.54, 1.807) is 7.05 Å². The quantitative estimate of drug-likeness (QED) is 0.575. The molecule has 0 aliphatic carbocycles. The molecule has 2 aromatic heterocycles. The number of hydrogen-bond acceptors (Lipinski definition) is 4. The first kappa shape index (κ1) is 18.0. The van der Waals surface area contributed by atoms with Gasteiger partial charge in [0.25, 0.3) is 0 Å². The van der Waals surface area contributed by atoms with E-state index in [1.165, 1.54) is 0 Å². The van der Waals surface area contributed by atoms with Crippen molar-refractivity contribution in [3.8, 4) is 0 Å². The molecule has 6 nitrogen and oxygen atoms in total. The van der Waals surface area contributed by atoms with Crippen LogP contribution in [0.4, 0.5) is 0 Å². The number of hydrogen-bond donors (Lipinski definition) is 2. The Balaban J connectivity index is 1.77. The normalized spacial score (nSPS) is 11.8. The van der Waals surface area contributed by atoms with Gasteiger partial charge in [-0.05, 0) is 25.0 Å². The van der Waals surface area contributed by atoms with Gasteiger partial charge in [-0.25, -0.2) is 0 Å². The standard InChI is InChI=1S/C18H27N5O/c1-4-14(5-2)17-12-16(24-23-17)13-22-18(19-3)21-11-9-15-8-6-7-10-20-15/h6-8,10,12,14H,4-5,9,11,13H2,1-3H3,(H2,19,21,22). The molecule has 0 amide bonds. The molecule has 0 spiro atoms. The zero-order valence-electron chi connectivity index (χ0n) is 14.7. The topological polar surface area (TPSA) is 75.3 Å². The van der Waals surface area contributed by atoms with Crippen LogP contribution in [0.5, 0.6) is 0 Å². The molecule has 0 unspecified atom stereocenters. The molecule has 2 rings (SSSR count). The lowest BCUT2D eigenvalue weighted by atomic mass is 9.99. The Morgan fingerprint density at radius 2 is 2.08 bits per heavy atom. The van der Waals surface area contributed by atoms with E-state index < -0.39 is 0 Å². The summed E-state index contributed by atoms with van der Waals surface area (Å²) in [5.74, 6) is 2.04. The van der Waals surface area contributed by atoms with Crippen molar-refractivity contribution in [3.63, 3.8) is 0 Å². The molecular formula is C18H27N5O. The molecule has 130 valence electrons. The number of guanidine groups is 1. The van der Waals surface area contributed by atoms with Gasteiger partial charge in [-0.15, -0.1) is 0 Å². The molecule has 0 saturated carbocycles. The maximum atomic E-state index is 5.41. The Labute approximate surface area is 143 Å². The average Bonchev–Trinajstić information content (AvgIpc) is 3.08. The third kappa shape index (κ3) is 5.37. The molecule has 0 aromatic carbocycles. The summed E-state index contributed by atoms with van der Waals surface area (Å²) in [5.41, 5.74) is 2.10. The van der Waals surface area contributed by atoms with Gasteiger partial charge < -0.3 is 15.2 Å². The van der Waals surface area contributed by atoms with Crippen LogP contribution in [0.3, 0.4) is 0 Å². The van der Waals surface area contributed by atoms with Gasteiger partial charge in [0.05, 0.1) is 12.2 Å². The van der Waals surface area contributed by atoms with Gasteiger partial charge in [-0.2, -0.15) is 0 Å². The largest absolute Gasteiger partial charge is 0.359 e. The molecule has 0 aliphatic heterocycles. The molecule has 0 atom stereocenters. The fourth-order valence-electron chi connectivity index (χ4n) is 2.56. The van der Waals surface area contributed by atoms with Gasteiger partial charge in [0.2, 0.25) is 0 Å². The number of aliphatic imine (C=N–C) groups is 1. The lowest BCUT2D eigenvalue weighted by Crippen LogP contribution is -2.37. The van der Waals surface area contributed by atoms with E-state index in [4.69, 9.17) is 4.52 Å². The molecule has 24 heavy (non-hydrogen) atoms. The Morgan fingerprint density at radius 1 is 1.25 bits per heavy atom. The second kappa shape index (κ2) is 9.70. The maximum Gasteiger partial charge on any atom is 0.191 e. The predicted molar refractivity (Wildman–Crippen MR) is 96.0 cm³/mol. The molecular weight excluding hydrogens is 302 g/mol. The summed E-state index contributed by atoms with van der Waals surface area (Å²) >= 11 is 0. The van der Waals surface area contributed by atoms with E-state index in [0.29, 0.717) is 12.5 Å². The minimum Gasteiger partial charge on any atom is -0.359 e. The first-order chi connectivity index (χ1) is 11.8. The van der Waals surface area contributed by atoms with Crippen LogP contribution in [-0.4, -0.2) is 29.7 Å². The van der Waals surface area contributed by atoms with Crippen molar-refractivity contribution >= 4 is 5.96 Å². The van der Waals surface area contributed by atoms with Gasteiger partial charge in [0.1, 0.15) is 0 Å². The number of nitrogens with one attached hydrogen (secondary N) is 2. The molecule has 0 bridgehead atoms. The first-order valence-corrected chi connectivity index (χ1v) is 8.56. The zero-order valence-corrected chi connectivity index (χ0v) is 14.7. The van der Waals surface area contributed by atoms with Crippen LogP contribution in [0.15, 0.2) is 40.0 Å². The lowest BCUT2D eigenvalue weighted by molar-refractivity contribution is 0.368. The summed E-state index contributed by atoms with van der Waals surface area (Å²) in [5, 5.41) is 10.7. The van der Waals surface area contributed by atoms with E-state index in [9.17, 15) is 0 Å². The molecule has 0 fully saturated rings. The molecule has 6 heteroatoms. The van der Waals surface area contributed by atoms with Crippen molar-refractivity contribution < 1.29 is 4.52 Å². The highest BCUT2D eigenvalue weighted by molar-refractivity contribution is 5.79. The summed E-state index contributed by atoms with van der Waals surface area (Å²) in [6, 6.07) is 7.97. The first-order valence-electron chi connectivity index (χ1n) is 8.56. The third-order valence-corrected chi connectivity index (χ3v) is 4.03. The average molecular weight is 329 g/mol. The van der Waals surface area contributed by atoms with E-state index in [2.05, 4.69) is 39.6 Å². The highest BCUT2D eigenvalue weighted by Gasteiger charge is 2.13. The van der Waals surface area contributed by atoms with Crippen LogP contribution in [0, 0.1) is 0 Å². The fourth-order valence-corrected chi connectivity index (χ4v) is 2.56. The van der Waals surface area contributed by atoms with E-state index >= 15 is 0 Å². The van der Waals surface area contributed by atoms with Crippen molar-refractivity contribution in [3.05, 3.63) is 47.6 Å². The fraction of sp³-hybridized carbons (Fsp3) is 0.500. The summed E-state index contributed by atoms with van der Waals surface area (Å²) in [4.78, 5) is 8.53. The molecule has 0 aliphatic rings. The van der Waals surface area contributed by atoms with Crippen LogP contribution < -0.4 is 10.6 Å². The zero-order chi connectivity index (χ0) is 17.2. The van der Waals surface area contributed by atoms with Gasteiger partial charge >= 0.3 is 0 Å². The number of rotatable bonds is 8. The summed E-state index contributed by atoms with van der Waals surface area (Å²) in [6.45, 7) is 5.69. The molecule has 2 heterocycles. The Hall–Kier alpha value is -2.37. The van der Waals surface area contributed by atoms with Crippen molar-refractivity contribution in [2.45, 2.75) is 45.6 Å². The van der Waals surface area contributed by atoms with E-state index in [-0.39, 0.29) is 0 Å². The van der Waals surface area contributed by atoms with Crippen LogP contribution in [0.25, 0.3) is 0 Å². The van der Waals surface area contributed by atoms with E-state index in [0.717, 1.165) is 48.9 Å². The Morgan fingerprint density at radius 3 is 2.75 bits per heavy atom. The maximum absolute atomic E-state index is 5.41. The smallest absolute Gasteiger partial charge is 0.191 e. The van der Waals surface area contributed by atoms with Crippen LogP contribution in [0.1, 0.15) is 49.8 Å². The SMILES string of the molecule is CCC(CC)c1cc(CNC(=NC)NCCc2ccccn2)on1. The number of pyridine rings is 1. The monoisotopic (exact) mass is 329 g/mol. The highest BCUT2D eigenvalue weighted by Crippen LogP contribution is 2.22. The lowest BCUT2D eigenvalue weighted by Gasteiger charge is -2.10. The summed E-state index contributed by atoms with van der Waals surface area (Å²) < 4.78 is 5.41. The third-order valence-electron chi connectivity index (χ3n) is 4.03. The van der Waals surface area contributed by atoms with Gasteiger partial charge in [0, 0.05) is 43.9 Å². The van der Waals surface area contributed by atoms with Crippen molar-refractivity contribution in [2.24, 2.45) is 4.99 Å². The van der Waals surface area contributed by atoms with Crippen LogP contribution >= 0.6 is 0 Å². The van der Waals surface area contributed by atoms with Gasteiger partial charge in [-0.1, -0.05) is 25.1 Å². The molecule has 0 radical (unpaired) electrons. The minimum absolute atomic E-state index is 0.471. The Kier molecular flexibility index (Phi) is 7.26. The Bertz CT molecular complexity index is 619. The van der Waals surface area contributed by atoms with E-state index in [1.807, 2.05) is 30.5 Å². The number of aromatic nitrogens is 2. The van der Waals surface area contributed by atoms with Crippen molar-refractivity contribution in [2.75, 3.05) is 13.6 Å². The molecule has 0 saturated heterocycles. The van der Waals surface area contributed by atoms with Gasteiger partial charge in [-0.3, -0.25) is 9.98 Å². The molecule has 2 N–H and O–H groups in total.